The first-order valence-electron chi connectivity index (χ1n) is 8.24. The van der Waals surface area contributed by atoms with E-state index in [0.717, 1.165) is 31.2 Å². The Morgan fingerprint density at radius 1 is 1.36 bits per heavy atom. The molecule has 5 heteroatoms. The zero-order valence-electron chi connectivity index (χ0n) is 13.3. The lowest BCUT2D eigenvalue weighted by Gasteiger charge is -2.35. The van der Waals surface area contributed by atoms with Gasteiger partial charge in [-0.15, -0.1) is 0 Å². The molecule has 1 aliphatic rings. The van der Waals surface area contributed by atoms with Crippen molar-refractivity contribution in [1.82, 2.24) is 10.2 Å². The van der Waals surface area contributed by atoms with Crippen molar-refractivity contribution < 1.29 is 0 Å². The number of thiocarbonyl (C=S) groups is 1. The average Bonchev–Trinajstić information content (AvgIpc) is 2.54. The van der Waals surface area contributed by atoms with Crippen LogP contribution in [0.15, 0.2) is 24.3 Å². The predicted octanol–water partition coefficient (Wildman–Crippen LogP) is 4.28. The van der Waals surface area contributed by atoms with E-state index < -0.39 is 0 Å². The van der Waals surface area contributed by atoms with E-state index in [9.17, 15) is 0 Å². The van der Waals surface area contributed by atoms with Gasteiger partial charge in [-0.1, -0.05) is 37.1 Å². The minimum Gasteiger partial charge on any atom is -0.362 e. The predicted molar refractivity (Wildman–Crippen MR) is 99.8 cm³/mol. The smallest absolute Gasteiger partial charge is 0.170 e. The Morgan fingerprint density at radius 2 is 2.18 bits per heavy atom. The van der Waals surface area contributed by atoms with Crippen LogP contribution in [0.3, 0.4) is 0 Å². The molecule has 2 N–H and O–H groups in total. The van der Waals surface area contributed by atoms with E-state index in [4.69, 9.17) is 23.8 Å². The number of hydrogen-bond donors (Lipinski definition) is 2. The third-order valence-electron chi connectivity index (χ3n) is 4.25. The fourth-order valence-electron chi connectivity index (χ4n) is 3.03. The van der Waals surface area contributed by atoms with Crippen LogP contribution >= 0.6 is 23.8 Å². The molecule has 3 nitrogen and oxygen atoms in total. The van der Waals surface area contributed by atoms with E-state index in [1.54, 1.807) is 0 Å². The van der Waals surface area contributed by atoms with Crippen molar-refractivity contribution in [2.24, 2.45) is 0 Å². The molecule has 1 saturated heterocycles. The maximum Gasteiger partial charge on any atom is 0.170 e. The lowest BCUT2D eigenvalue weighted by Crippen LogP contribution is -2.40. The molecule has 1 aromatic rings. The second-order valence-corrected chi connectivity index (χ2v) is 6.62. The van der Waals surface area contributed by atoms with E-state index in [0.29, 0.717) is 10.1 Å². The van der Waals surface area contributed by atoms with E-state index in [-0.39, 0.29) is 0 Å². The normalized spacial score (nSPS) is 18.9. The minimum atomic E-state index is 0.638. The molecule has 0 amide bonds. The van der Waals surface area contributed by atoms with Gasteiger partial charge in [0.15, 0.2) is 5.11 Å². The molecule has 1 aromatic carbocycles. The number of anilines is 1. The molecule has 0 aromatic heterocycles. The standard InChI is InChI=1S/C17H26ClN3S/c1-2-14-8-5-6-12-21(14)13-7-11-19-17(22)20-16-10-4-3-9-15(16)18/h3-4,9-10,14H,2,5-8,11-13H2,1H3,(H2,19,20,22). The third-order valence-corrected chi connectivity index (χ3v) is 4.83. The van der Waals surface area contributed by atoms with Crippen molar-refractivity contribution in [2.45, 2.75) is 45.1 Å². The first kappa shape index (κ1) is 17.5. The molecule has 0 radical (unpaired) electrons. The number of piperidine rings is 1. The molecule has 1 atom stereocenters. The molecule has 1 fully saturated rings. The van der Waals surface area contributed by atoms with Crippen molar-refractivity contribution in [3.05, 3.63) is 29.3 Å². The Morgan fingerprint density at radius 3 is 2.95 bits per heavy atom. The van der Waals surface area contributed by atoms with E-state index >= 15 is 0 Å². The second kappa shape index (κ2) is 9.33. The second-order valence-electron chi connectivity index (χ2n) is 5.81. The van der Waals surface area contributed by atoms with Gasteiger partial charge < -0.3 is 15.5 Å². The van der Waals surface area contributed by atoms with Crippen LogP contribution in [0.4, 0.5) is 5.69 Å². The summed E-state index contributed by atoms with van der Waals surface area (Å²) in [6.45, 7) is 5.59. The molecule has 0 bridgehead atoms. The summed E-state index contributed by atoms with van der Waals surface area (Å²) in [5, 5.41) is 7.73. The summed E-state index contributed by atoms with van der Waals surface area (Å²) < 4.78 is 0. The summed E-state index contributed by atoms with van der Waals surface area (Å²) in [5.41, 5.74) is 0.851. The largest absolute Gasteiger partial charge is 0.362 e. The number of benzene rings is 1. The summed E-state index contributed by atoms with van der Waals surface area (Å²) >= 11 is 11.4. The topological polar surface area (TPSA) is 27.3 Å². The Labute approximate surface area is 144 Å². The molecule has 2 rings (SSSR count). The van der Waals surface area contributed by atoms with Crippen molar-refractivity contribution in [1.29, 1.82) is 0 Å². The molecule has 0 saturated carbocycles. The summed E-state index contributed by atoms with van der Waals surface area (Å²) in [6, 6.07) is 8.41. The van der Waals surface area contributed by atoms with Gasteiger partial charge in [-0.3, -0.25) is 0 Å². The Balaban J connectivity index is 1.66. The molecule has 0 spiro atoms. The van der Waals surface area contributed by atoms with Gasteiger partial charge in [0.25, 0.3) is 0 Å². The molecule has 1 unspecified atom stereocenters. The van der Waals surface area contributed by atoms with Gasteiger partial charge in [0.05, 0.1) is 10.7 Å². The van der Waals surface area contributed by atoms with Crippen LogP contribution in [0.2, 0.25) is 5.02 Å². The molecule has 0 aliphatic carbocycles. The van der Waals surface area contributed by atoms with Crippen LogP contribution in [0.25, 0.3) is 0 Å². The highest BCUT2D eigenvalue weighted by Gasteiger charge is 2.19. The number of hydrogen-bond acceptors (Lipinski definition) is 2. The van der Waals surface area contributed by atoms with E-state index in [1.807, 2.05) is 24.3 Å². The average molecular weight is 340 g/mol. The first-order chi connectivity index (χ1) is 10.7. The number of likely N-dealkylation sites (tertiary alicyclic amines) is 1. The zero-order chi connectivity index (χ0) is 15.8. The van der Waals surface area contributed by atoms with Gasteiger partial charge in [-0.05, 0) is 56.6 Å². The first-order valence-corrected chi connectivity index (χ1v) is 9.02. The highest BCUT2D eigenvalue weighted by molar-refractivity contribution is 7.80. The highest BCUT2D eigenvalue weighted by Crippen LogP contribution is 2.20. The van der Waals surface area contributed by atoms with Crippen LogP contribution < -0.4 is 10.6 Å². The van der Waals surface area contributed by atoms with Crippen LogP contribution in [0, 0.1) is 0 Å². The van der Waals surface area contributed by atoms with Crippen LogP contribution in [0.1, 0.15) is 39.0 Å². The fraction of sp³-hybridized carbons (Fsp3) is 0.588. The van der Waals surface area contributed by atoms with Gasteiger partial charge in [-0.2, -0.15) is 0 Å². The summed E-state index contributed by atoms with van der Waals surface area (Å²) in [4.78, 5) is 2.63. The SMILES string of the molecule is CCC1CCCCN1CCCNC(=S)Nc1ccccc1Cl. The maximum atomic E-state index is 6.11. The van der Waals surface area contributed by atoms with Crippen molar-refractivity contribution in [3.8, 4) is 0 Å². The monoisotopic (exact) mass is 339 g/mol. The van der Waals surface area contributed by atoms with Crippen LogP contribution in [-0.4, -0.2) is 35.7 Å². The van der Waals surface area contributed by atoms with E-state index in [1.165, 1.54) is 32.2 Å². The molecular weight excluding hydrogens is 314 g/mol. The molecule has 1 aliphatic heterocycles. The minimum absolute atomic E-state index is 0.638. The van der Waals surface area contributed by atoms with E-state index in [2.05, 4.69) is 22.5 Å². The van der Waals surface area contributed by atoms with Crippen LogP contribution in [-0.2, 0) is 0 Å². The number of halogens is 1. The molecule has 22 heavy (non-hydrogen) atoms. The van der Waals surface area contributed by atoms with Crippen molar-refractivity contribution in [2.75, 3.05) is 25.0 Å². The van der Waals surface area contributed by atoms with Crippen molar-refractivity contribution in [3.63, 3.8) is 0 Å². The Hall–Kier alpha value is -0.840. The third kappa shape index (κ3) is 5.41. The highest BCUT2D eigenvalue weighted by atomic mass is 35.5. The fourth-order valence-corrected chi connectivity index (χ4v) is 3.42. The van der Waals surface area contributed by atoms with Gasteiger partial charge in [0.1, 0.15) is 0 Å². The summed E-state index contributed by atoms with van der Waals surface area (Å²) in [6.07, 6.45) is 6.46. The number of nitrogens with one attached hydrogen (secondary N) is 2. The lowest BCUT2D eigenvalue weighted by atomic mass is 10.00. The number of para-hydroxylation sites is 1. The Kier molecular flexibility index (Phi) is 7.43. The number of nitrogens with zero attached hydrogens (tertiary/aromatic N) is 1. The van der Waals surface area contributed by atoms with Crippen LogP contribution in [0.5, 0.6) is 0 Å². The molecule has 122 valence electrons. The maximum absolute atomic E-state index is 6.11. The van der Waals surface area contributed by atoms with Gasteiger partial charge in [0.2, 0.25) is 0 Å². The summed E-state index contributed by atoms with van der Waals surface area (Å²) in [7, 11) is 0. The quantitative estimate of drug-likeness (QED) is 0.597. The molecule has 1 heterocycles. The van der Waals surface area contributed by atoms with Gasteiger partial charge >= 0.3 is 0 Å². The zero-order valence-corrected chi connectivity index (χ0v) is 14.8. The molecular formula is C17H26ClN3S. The Bertz CT molecular complexity index is 481. The lowest BCUT2D eigenvalue weighted by molar-refractivity contribution is 0.143. The number of rotatable bonds is 6. The summed E-state index contributed by atoms with van der Waals surface area (Å²) in [5.74, 6) is 0. The van der Waals surface area contributed by atoms with Gasteiger partial charge in [-0.25, -0.2) is 0 Å². The van der Waals surface area contributed by atoms with Gasteiger partial charge in [0, 0.05) is 19.1 Å². The van der Waals surface area contributed by atoms with Crippen molar-refractivity contribution >= 4 is 34.6 Å².